The van der Waals surface area contributed by atoms with Crippen molar-refractivity contribution in [1.29, 1.82) is 0 Å². The fraction of sp³-hybridized carbons (Fsp3) is 0.500. The van der Waals surface area contributed by atoms with Crippen molar-refractivity contribution in [3.63, 3.8) is 0 Å². The van der Waals surface area contributed by atoms with Crippen LogP contribution in [0.2, 0.25) is 0 Å². The smallest absolute Gasteiger partial charge is 0.390 e. The number of rotatable bonds is 8. The summed E-state index contributed by atoms with van der Waals surface area (Å²) in [4.78, 5) is 55.0. The number of hydrogen-bond acceptors (Lipinski definition) is 15. The van der Waals surface area contributed by atoms with E-state index in [0.29, 0.717) is 0 Å². The molecule has 2 saturated heterocycles. The predicted molar refractivity (Wildman–Crippen MR) is 136 cm³/mol. The van der Waals surface area contributed by atoms with Crippen LogP contribution in [-0.2, 0) is 23.1 Å². The normalized spacial score (nSPS) is 28.1. The molecule has 4 aromatic heterocycles. The molecular weight excluding hydrogens is 571 g/mol. The number of nitrogens with two attached hydrogens (primary N) is 2. The molecule has 21 heteroatoms. The second kappa shape index (κ2) is 10.3. The van der Waals surface area contributed by atoms with Gasteiger partial charge < -0.3 is 36.0 Å². The molecule has 0 radical (unpaired) electrons. The van der Waals surface area contributed by atoms with Crippen molar-refractivity contribution < 1.29 is 38.2 Å². The standard InChI is InChI=1S/C20H25N10O10P/c21-19-25-15-13(17(33)27-19)23-5-29(15)11-1-7(31)9(39-11)3-37-41(35,36)38-4-10-8(32)2-12(40-10)30-6-24-14-16(30)26-20(22)28-18(14)34/h5-12,31-32H,1-4H2,(H,35,36)(H3,21,25,27,33)(H3,22,26,28,34)/t7-,8-,9?,10?,11-,12-/m1/s1. The first-order valence-corrected chi connectivity index (χ1v) is 13.7. The Bertz CT molecular complexity index is 1640. The quantitative estimate of drug-likeness (QED) is 0.107. The molecule has 0 bridgehead atoms. The van der Waals surface area contributed by atoms with E-state index in [-0.39, 0.29) is 47.1 Å². The summed E-state index contributed by atoms with van der Waals surface area (Å²) < 4.78 is 36.9. The minimum absolute atomic E-state index is 0.0269. The van der Waals surface area contributed by atoms with Crippen LogP contribution in [0.3, 0.4) is 0 Å². The number of anilines is 2. The minimum Gasteiger partial charge on any atom is -0.390 e. The Hall–Kier alpha value is -3.75. The SMILES string of the molecule is Nc1nc2c(ncn2[C@H]2C[C@@H](O)C(COP(=O)(O)OCC3O[C@@H](n4cnc5c(=O)[nH]c(N)nc54)C[C@H]3O)O2)c(=O)[nH]1. The Kier molecular flexibility index (Phi) is 6.86. The van der Waals surface area contributed by atoms with E-state index < -0.39 is 69.0 Å². The van der Waals surface area contributed by atoms with Gasteiger partial charge in [-0.15, -0.1) is 0 Å². The topological polar surface area (TPSA) is 294 Å². The number of imidazole rings is 2. The third kappa shape index (κ3) is 5.22. The summed E-state index contributed by atoms with van der Waals surface area (Å²) in [5.74, 6) is -0.252. The highest BCUT2D eigenvalue weighted by Gasteiger charge is 2.40. The van der Waals surface area contributed by atoms with Gasteiger partial charge in [-0.2, -0.15) is 9.97 Å². The van der Waals surface area contributed by atoms with Gasteiger partial charge in [-0.25, -0.2) is 14.5 Å². The van der Waals surface area contributed by atoms with Crippen LogP contribution in [0.25, 0.3) is 22.3 Å². The molecule has 41 heavy (non-hydrogen) atoms. The fourth-order valence-electron chi connectivity index (χ4n) is 4.75. The molecule has 6 rings (SSSR count). The number of ether oxygens (including phenoxy) is 2. The van der Waals surface area contributed by atoms with E-state index >= 15 is 0 Å². The average Bonchev–Trinajstić information content (AvgIpc) is 3.67. The van der Waals surface area contributed by atoms with E-state index in [4.69, 9.17) is 30.0 Å². The van der Waals surface area contributed by atoms with Crippen molar-refractivity contribution in [2.24, 2.45) is 0 Å². The average molecular weight is 596 g/mol. The summed E-state index contributed by atoms with van der Waals surface area (Å²) in [5, 5.41) is 20.9. The summed E-state index contributed by atoms with van der Waals surface area (Å²) in [6, 6.07) is 0. The summed E-state index contributed by atoms with van der Waals surface area (Å²) in [6.45, 7) is -1.04. The first-order chi connectivity index (χ1) is 19.5. The Balaban J connectivity index is 1.05. The molecule has 2 unspecified atom stereocenters. The lowest BCUT2D eigenvalue weighted by molar-refractivity contribution is -0.0559. The molecule has 0 aromatic carbocycles. The van der Waals surface area contributed by atoms with Gasteiger partial charge in [0.15, 0.2) is 22.3 Å². The minimum atomic E-state index is -4.68. The second-order valence-electron chi connectivity index (χ2n) is 9.47. The van der Waals surface area contributed by atoms with Crippen LogP contribution in [0.5, 0.6) is 0 Å². The number of hydrogen-bond donors (Lipinski definition) is 7. The van der Waals surface area contributed by atoms with Gasteiger partial charge in [0, 0.05) is 12.8 Å². The van der Waals surface area contributed by atoms with E-state index in [0.717, 1.165) is 0 Å². The number of H-pyrrole nitrogens is 2. The van der Waals surface area contributed by atoms with E-state index in [1.54, 1.807) is 0 Å². The number of fused-ring (bicyclic) bond motifs is 2. The molecule has 0 aliphatic carbocycles. The number of aliphatic hydroxyl groups is 2. The van der Waals surface area contributed by atoms with Gasteiger partial charge in [-0.3, -0.25) is 37.7 Å². The second-order valence-corrected chi connectivity index (χ2v) is 10.9. The van der Waals surface area contributed by atoms with Crippen LogP contribution in [0.4, 0.5) is 11.9 Å². The van der Waals surface area contributed by atoms with Crippen LogP contribution in [0, 0.1) is 0 Å². The third-order valence-corrected chi connectivity index (χ3v) is 7.68. The van der Waals surface area contributed by atoms with Gasteiger partial charge in [0.25, 0.3) is 11.1 Å². The molecule has 0 saturated carbocycles. The highest BCUT2D eigenvalue weighted by molar-refractivity contribution is 7.47. The molecule has 0 amide bonds. The molecule has 220 valence electrons. The van der Waals surface area contributed by atoms with Gasteiger partial charge in [-0.05, 0) is 0 Å². The van der Waals surface area contributed by atoms with E-state index in [1.807, 2.05) is 0 Å². The maximum Gasteiger partial charge on any atom is 0.472 e. The number of phosphoric acid groups is 1. The molecule has 2 fully saturated rings. The Labute approximate surface area is 227 Å². The van der Waals surface area contributed by atoms with Crippen LogP contribution >= 0.6 is 7.82 Å². The summed E-state index contributed by atoms with van der Waals surface area (Å²) in [5.41, 5.74) is 10.5. The van der Waals surface area contributed by atoms with E-state index in [9.17, 15) is 29.3 Å². The van der Waals surface area contributed by atoms with Crippen molar-refractivity contribution in [1.82, 2.24) is 39.0 Å². The summed E-state index contributed by atoms with van der Waals surface area (Å²) in [6.07, 6.45) is -3.18. The van der Waals surface area contributed by atoms with E-state index in [2.05, 4.69) is 29.9 Å². The summed E-state index contributed by atoms with van der Waals surface area (Å²) >= 11 is 0. The third-order valence-electron chi connectivity index (χ3n) is 6.73. The zero-order valence-electron chi connectivity index (χ0n) is 20.9. The highest BCUT2D eigenvalue weighted by atomic mass is 31.2. The van der Waals surface area contributed by atoms with Gasteiger partial charge in [0.2, 0.25) is 11.9 Å². The largest absolute Gasteiger partial charge is 0.472 e. The zero-order valence-corrected chi connectivity index (χ0v) is 21.8. The number of nitrogens with one attached hydrogen (secondary N) is 2. The molecule has 0 spiro atoms. The number of phosphoric ester groups is 1. The van der Waals surface area contributed by atoms with Crippen molar-refractivity contribution in [2.75, 3.05) is 24.7 Å². The van der Waals surface area contributed by atoms with Crippen molar-refractivity contribution >= 4 is 42.0 Å². The molecule has 6 heterocycles. The van der Waals surface area contributed by atoms with Crippen LogP contribution in [-0.4, -0.2) is 91.8 Å². The van der Waals surface area contributed by atoms with Gasteiger partial charge in [-0.1, -0.05) is 0 Å². The maximum atomic E-state index is 12.5. The lowest BCUT2D eigenvalue weighted by Crippen LogP contribution is -2.28. The molecule has 9 N–H and O–H groups in total. The number of aromatic nitrogens is 8. The number of nitrogen functional groups attached to an aromatic ring is 2. The van der Waals surface area contributed by atoms with Gasteiger partial charge in [0.1, 0.15) is 24.7 Å². The molecule has 4 aromatic rings. The predicted octanol–water partition coefficient (Wildman–Crippen LogP) is -2.15. The lowest BCUT2D eigenvalue weighted by atomic mass is 10.2. The van der Waals surface area contributed by atoms with Crippen LogP contribution < -0.4 is 22.6 Å². The zero-order chi connectivity index (χ0) is 29.1. The number of aliphatic hydroxyl groups excluding tert-OH is 2. The van der Waals surface area contributed by atoms with Crippen LogP contribution in [0.15, 0.2) is 22.2 Å². The van der Waals surface area contributed by atoms with Crippen molar-refractivity contribution in [2.45, 2.75) is 49.7 Å². The van der Waals surface area contributed by atoms with Crippen molar-refractivity contribution in [3.8, 4) is 0 Å². The lowest BCUT2D eigenvalue weighted by Gasteiger charge is -2.20. The fourth-order valence-corrected chi connectivity index (χ4v) is 5.50. The first-order valence-electron chi connectivity index (χ1n) is 12.2. The number of aromatic amines is 2. The van der Waals surface area contributed by atoms with Crippen LogP contribution in [0.1, 0.15) is 25.3 Å². The number of nitrogens with zero attached hydrogens (tertiary/aromatic N) is 6. The monoisotopic (exact) mass is 596 g/mol. The van der Waals surface area contributed by atoms with Gasteiger partial charge in [0.05, 0.1) is 38.1 Å². The Morgan fingerprint density at radius 2 is 1.29 bits per heavy atom. The maximum absolute atomic E-state index is 12.5. The molecule has 2 aliphatic heterocycles. The highest BCUT2D eigenvalue weighted by Crippen LogP contribution is 2.45. The molecule has 6 atom stereocenters. The molecular formula is C20H25N10O10P. The van der Waals surface area contributed by atoms with E-state index in [1.165, 1.54) is 21.8 Å². The Morgan fingerprint density at radius 1 is 0.878 bits per heavy atom. The summed E-state index contributed by atoms with van der Waals surface area (Å²) in [7, 11) is -4.68. The molecule has 20 nitrogen and oxygen atoms in total. The Morgan fingerprint density at radius 3 is 1.71 bits per heavy atom. The van der Waals surface area contributed by atoms with Gasteiger partial charge >= 0.3 is 7.82 Å². The molecule has 2 aliphatic rings. The van der Waals surface area contributed by atoms with Crippen molar-refractivity contribution in [3.05, 3.63) is 33.4 Å². The first kappa shape index (κ1) is 27.4.